The molecule has 0 bridgehead atoms. The van der Waals surface area contributed by atoms with Crippen molar-refractivity contribution in [3.8, 4) is 5.75 Å². The first-order valence-electron chi connectivity index (χ1n) is 6.98. The summed E-state index contributed by atoms with van der Waals surface area (Å²) in [5.74, 6) is 0.968. The predicted molar refractivity (Wildman–Crippen MR) is 98.0 cm³/mol. The number of halogens is 1. The standard InChI is InChI=1S/C16H16BrN3O2S/c1-3-22-13-8-7-11(9-12(13)17)15(21)20-16(23)19-14-6-4-5-10(2)18-14/h4-9H,3H2,1-2H3,(H2,18,19,20,21,23). The van der Waals surface area contributed by atoms with Crippen LogP contribution >= 0.6 is 28.1 Å². The van der Waals surface area contributed by atoms with Crippen LogP contribution in [-0.4, -0.2) is 22.6 Å². The van der Waals surface area contributed by atoms with E-state index in [2.05, 4.69) is 31.5 Å². The van der Waals surface area contributed by atoms with Crippen molar-refractivity contribution >= 4 is 45.0 Å². The predicted octanol–water partition coefficient (Wildman–Crippen LogP) is 3.68. The largest absolute Gasteiger partial charge is 0.493 e. The highest BCUT2D eigenvalue weighted by atomic mass is 79.9. The highest BCUT2D eigenvalue weighted by Crippen LogP contribution is 2.25. The van der Waals surface area contributed by atoms with Crippen molar-refractivity contribution in [2.24, 2.45) is 0 Å². The third-order valence-electron chi connectivity index (χ3n) is 2.85. The highest BCUT2D eigenvalue weighted by Gasteiger charge is 2.11. The van der Waals surface area contributed by atoms with Crippen LogP contribution in [0.4, 0.5) is 5.82 Å². The van der Waals surface area contributed by atoms with Crippen LogP contribution < -0.4 is 15.4 Å². The molecule has 0 unspecified atom stereocenters. The third kappa shape index (κ3) is 5.01. The van der Waals surface area contributed by atoms with Crippen LogP contribution in [0.2, 0.25) is 0 Å². The van der Waals surface area contributed by atoms with E-state index < -0.39 is 0 Å². The first kappa shape index (κ1) is 17.4. The number of aryl methyl sites for hydroxylation is 1. The Kier molecular flexibility index (Phi) is 6.06. The summed E-state index contributed by atoms with van der Waals surface area (Å²) in [6.45, 7) is 4.34. The summed E-state index contributed by atoms with van der Waals surface area (Å²) >= 11 is 8.52. The smallest absolute Gasteiger partial charge is 0.257 e. The Labute approximate surface area is 148 Å². The molecule has 0 saturated carbocycles. The lowest BCUT2D eigenvalue weighted by Crippen LogP contribution is -2.34. The second-order valence-corrected chi connectivity index (χ2v) is 5.91. The van der Waals surface area contributed by atoms with Gasteiger partial charge < -0.3 is 10.1 Å². The normalized spacial score (nSPS) is 10.0. The van der Waals surface area contributed by atoms with Gasteiger partial charge in [-0.1, -0.05) is 6.07 Å². The van der Waals surface area contributed by atoms with Gasteiger partial charge in [-0.2, -0.15) is 0 Å². The molecule has 23 heavy (non-hydrogen) atoms. The number of carbonyl (C=O) groups excluding carboxylic acids is 1. The SMILES string of the molecule is CCOc1ccc(C(=O)NC(=S)Nc2cccc(C)n2)cc1Br. The Bertz CT molecular complexity index is 737. The summed E-state index contributed by atoms with van der Waals surface area (Å²) in [6.07, 6.45) is 0. The van der Waals surface area contributed by atoms with Crippen molar-refractivity contribution in [1.82, 2.24) is 10.3 Å². The average Bonchev–Trinajstić information content (AvgIpc) is 2.49. The zero-order chi connectivity index (χ0) is 16.8. The fourth-order valence-electron chi connectivity index (χ4n) is 1.85. The van der Waals surface area contributed by atoms with E-state index in [9.17, 15) is 4.79 Å². The van der Waals surface area contributed by atoms with E-state index in [1.165, 1.54) is 0 Å². The van der Waals surface area contributed by atoms with Gasteiger partial charge in [0.15, 0.2) is 5.11 Å². The van der Waals surface area contributed by atoms with E-state index in [-0.39, 0.29) is 11.0 Å². The Morgan fingerprint density at radius 1 is 1.35 bits per heavy atom. The minimum Gasteiger partial charge on any atom is -0.493 e. The molecule has 7 heteroatoms. The molecular weight excluding hydrogens is 378 g/mol. The number of anilines is 1. The third-order valence-corrected chi connectivity index (χ3v) is 3.67. The van der Waals surface area contributed by atoms with Gasteiger partial charge in [-0.15, -0.1) is 0 Å². The molecule has 120 valence electrons. The number of aromatic nitrogens is 1. The molecule has 0 fully saturated rings. The molecule has 2 aromatic rings. The Balaban J connectivity index is 2.01. The van der Waals surface area contributed by atoms with Gasteiger partial charge in [0.2, 0.25) is 0 Å². The average molecular weight is 394 g/mol. The zero-order valence-corrected chi connectivity index (χ0v) is 15.1. The topological polar surface area (TPSA) is 63.2 Å². The van der Waals surface area contributed by atoms with Crippen molar-refractivity contribution in [2.45, 2.75) is 13.8 Å². The number of rotatable bonds is 4. The number of hydrogen-bond donors (Lipinski definition) is 2. The number of benzene rings is 1. The maximum atomic E-state index is 12.2. The molecule has 0 radical (unpaired) electrons. The van der Waals surface area contributed by atoms with Gasteiger partial charge in [-0.05, 0) is 72.3 Å². The van der Waals surface area contributed by atoms with Gasteiger partial charge in [-0.3, -0.25) is 10.1 Å². The lowest BCUT2D eigenvalue weighted by Gasteiger charge is -2.11. The Morgan fingerprint density at radius 3 is 2.78 bits per heavy atom. The monoisotopic (exact) mass is 393 g/mol. The molecule has 0 aliphatic rings. The molecule has 2 N–H and O–H groups in total. The summed E-state index contributed by atoms with van der Waals surface area (Å²) in [5, 5.41) is 5.70. The van der Waals surface area contributed by atoms with Crippen LogP contribution in [0.15, 0.2) is 40.9 Å². The van der Waals surface area contributed by atoms with Gasteiger partial charge >= 0.3 is 0 Å². The number of pyridine rings is 1. The van der Waals surface area contributed by atoms with Gasteiger partial charge in [-0.25, -0.2) is 4.98 Å². The zero-order valence-electron chi connectivity index (χ0n) is 12.7. The van der Waals surface area contributed by atoms with E-state index in [1.807, 2.05) is 26.0 Å². The van der Waals surface area contributed by atoms with Gasteiger partial charge in [0.1, 0.15) is 11.6 Å². The molecule has 1 amide bonds. The quantitative estimate of drug-likeness (QED) is 0.775. The van der Waals surface area contributed by atoms with E-state index in [0.29, 0.717) is 28.2 Å². The fraction of sp³-hybridized carbons (Fsp3) is 0.188. The van der Waals surface area contributed by atoms with Crippen LogP contribution in [0.3, 0.4) is 0 Å². The molecule has 0 spiro atoms. The minimum atomic E-state index is -0.307. The van der Waals surface area contributed by atoms with Crippen LogP contribution in [0.25, 0.3) is 0 Å². The number of thiocarbonyl (C=S) groups is 1. The lowest BCUT2D eigenvalue weighted by molar-refractivity contribution is 0.0977. The number of nitrogens with zero attached hydrogens (tertiary/aromatic N) is 1. The number of ether oxygens (including phenoxy) is 1. The van der Waals surface area contributed by atoms with Crippen LogP contribution in [0, 0.1) is 6.92 Å². The molecule has 0 aliphatic heterocycles. The number of amides is 1. The van der Waals surface area contributed by atoms with E-state index >= 15 is 0 Å². The number of hydrogen-bond acceptors (Lipinski definition) is 4. The molecule has 5 nitrogen and oxygen atoms in total. The Hall–Kier alpha value is -1.99. The lowest BCUT2D eigenvalue weighted by atomic mass is 10.2. The van der Waals surface area contributed by atoms with E-state index in [1.54, 1.807) is 24.3 Å². The van der Waals surface area contributed by atoms with E-state index in [4.69, 9.17) is 17.0 Å². The summed E-state index contributed by atoms with van der Waals surface area (Å²) in [7, 11) is 0. The second-order valence-electron chi connectivity index (χ2n) is 4.65. The molecule has 0 saturated heterocycles. The van der Waals surface area contributed by atoms with Crippen LogP contribution in [0.5, 0.6) is 5.75 Å². The first-order valence-corrected chi connectivity index (χ1v) is 8.18. The molecule has 0 atom stereocenters. The molecule has 1 aromatic carbocycles. The van der Waals surface area contributed by atoms with Crippen molar-refractivity contribution < 1.29 is 9.53 Å². The molecule has 0 aliphatic carbocycles. The maximum Gasteiger partial charge on any atom is 0.257 e. The molecular formula is C16H16BrN3O2S. The molecule has 1 heterocycles. The summed E-state index contributed by atoms with van der Waals surface area (Å²) in [6, 6.07) is 10.6. The minimum absolute atomic E-state index is 0.193. The fourth-order valence-corrected chi connectivity index (χ4v) is 2.54. The number of nitrogens with one attached hydrogen (secondary N) is 2. The van der Waals surface area contributed by atoms with Crippen molar-refractivity contribution in [3.05, 3.63) is 52.1 Å². The van der Waals surface area contributed by atoms with Crippen LogP contribution in [0.1, 0.15) is 23.0 Å². The molecule has 1 aromatic heterocycles. The summed E-state index contributed by atoms with van der Waals surface area (Å²) in [4.78, 5) is 16.5. The Morgan fingerprint density at radius 2 is 2.13 bits per heavy atom. The number of carbonyl (C=O) groups is 1. The first-order chi connectivity index (χ1) is 11.0. The summed E-state index contributed by atoms with van der Waals surface area (Å²) < 4.78 is 6.13. The van der Waals surface area contributed by atoms with Gasteiger partial charge in [0.25, 0.3) is 5.91 Å². The van der Waals surface area contributed by atoms with Crippen molar-refractivity contribution in [1.29, 1.82) is 0 Å². The van der Waals surface area contributed by atoms with Gasteiger partial charge in [0.05, 0.1) is 11.1 Å². The van der Waals surface area contributed by atoms with Crippen molar-refractivity contribution in [2.75, 3.05) is 11.9 Å². The van der Waals surface area contributed by atoms with Crippen LogP contribution in [-0.2, 0) is 0 Å². The van der Waals surface area contributed by atoms with Crippen molar-refractivity contribution in [3.63, 3.8) is 0 Å². The summed E-state index contributed by atoms with van der Waals surface area (Å²) in [5.41, 5.74) is 1.33. The van der Waals surface area contributed by atoms with Gasteiger partial charge in [0, 0.05) is 11.3 Å². The maximum absolute atomic E-state index is 12.2. The highest BCUT2D eigenvalue weighted by molar-refractivity contribution is 9.10. The second kappa shape index (κ2) is 8.03. The molecule has 2 rings (SSSR count). The van der Waals surface area contributed by atoms with E-state index in [0.717, 1.165) is 5.69 Å².